The third-order valence-corrected chi connectivity index (χ3v) is 1.74. The molecule has 0 spiro atoms. The van der Waals surface area contributed by atoms with Gasteiger partial charge in [-0.25, -0.2) is 0 Å². The van der Waals surface area contributed by atoms with Crippen molar-refractivity contribution in [3.63, 3.8) is 0 Å². The summed E-state index contributed by atoms with van der Waals surface area (Å²) in [5, 5.41) is 20.5. The molecule has 0 aliphatic heterocycles. The lowest BCUT2D eigenvalue weighted by Gasteiger charge is -2.17. The van der Waals surface area contributed by atoms with Crippen LogP contribution in [0.2, 0.25) is 0 Å². The molecule has 0 aromatic heterocycles. The molecule has 0 radical (unpaired) electrons. The van der Waals surface area contributed by atoms with Crippen molar-refractivity contribution in [2.45, 2.75) is 13.0 Å². The third-order valence-electron chi connectivity index (χ3n) is 1.74. The fourth-order valence-corrected chi connectivity index (χ4v) is 0.939. The second-order valence-electron chi connectivity index (χ2n) is 2.80. The lowest BCUT2D eigenvalue weighted by Crippen LogP contribution is -2.37. The molecule has 0 saturated heterocycles. The van der Waals surface area contributed by atoms with Gasteiger partial charge in [0.25, 0.3) is 0 Å². The van der Waals surface area contributed by atoms with Crippen LogP contribution in [0.3, 0.4) is 0 Å². The Kier molecular flexibility index (Phi) is 6.48. The first-order valence-corrected chi connectivity index (χ1v) is 4.21. The number of rotatable bonds is 6. The molecule has 2 atom stereocenters. The van der Waals surface area contributed by atoms with E-state index in [4.69, 9.17) is 5.11 Å². The van der Waals surface area contributed by atoms with Gasteiger partial charge < -0.3 is 20.3 Å². The largest absolute Gasteiger partial charge is 0.469 e. The zero-order chi connectivity index (χ0) is 10.3. The topological polar surface area (TPSA) is 78.8 Å². The van der Waals surface area contributed by atoms with E-state index in [9.17, 15) is 9.90 Å². The van der Waals surface area contributed by atoms with Gasteiger partial charge in [-0.2, -0.15) is 0 Å². The summed E-state index contributed by atoms with van der Waals surface area (Å²) in [7, 11) is 1.28. The van der Waals surface area contributed by atoms with Gasteiger partial charge in [-0.05, 0) is 6.92 Å². The highest BCUT2D eigenvalue weighted by Crippen LogP contribution is 2.04. The summed E-state index contributed by atoms with van der Waals surface area (Å²) in [5.41, 5.74) is 0. The van der Waals surface area contributed by atoms with E-state index in [1.165, 1.54) is 14.0 Å². The van der Waals surface area contributed by atoms with Gasteiger partial charge >= 0.3 is 5.97 Å². The predicted molar refractivity (Wildman–Crippen MR) is 47.1 cm³/mol. The number of nitrogens with one attached hydrogen (secondary N) is 1. The van der Waals surface area contributed by atoms with Gasteiger partial charge in [0, 0.05) is 13.1 Å². The minimum atomic E-state index is -0.751. The minimum Gasteiger partial charge on any atom is -0.469 e. The number of esters is 1. The summed E-state index contributed by atoms with van der Waals surface area (Å²) < 4.78 is 4.50. The van der Waals surface area contributed by atoms with Crippen LogP contribution in [0.25, 0.3) is 0 Å². The van der Waals surface area contributed by atoms with Crippen molar-refractivity contribution in [3.8, 4) is 0 Å². The Labute approximate surface area is 77.7 Å². The van der Waals surface area contributed by atoms with Crippen LogP contribution in [-0.2, 0) is 9.53 Å². The Balaban J connectivity index is 3.88. The number of hydrogen-bond donors (Lipinski definition) is 3. The molecule has 0 amide bonds. The van der Waals surface area contributed by atoms with E-state index in [1.807, 2.05) is 0 Å². The van der Waals surface area contributed by atoms with E-state index >= 15 is 0 Å². The molecule has 5 heteroatoms. The number of hydrogen-bond acceptors (Lipinski definition) is 5. The van der Waals surface area contributed by atoms with Crippen LogP contribution in [0.4, 0.5) is 0 Å². The second kappa shape index (κ2) is 6.82. The van der Waals surface area contributed by atoms with Crippen molar-refractivity contribution < 1.29 is 19.7 Å². The maximum atomic E-state index is 11.1. The average molecular weight is 191 g/mol. The number of carbonyl (C=O) groups is 1. The van der Waals surface area contributed by atoms with E-state index in [0.717, 1.165) is 0 Å². The van der Waals surface area contributed by atoms with Crippen molar-refractivity contribution >= 4 is 5.97 Å². The lowest BCUT2D eigenvalue weighted by atomic mass is 10.0. The molecule has 0 rings (SSSR count). The maximum Gasteiger partial charge on any atom is 0.312 e. The van der Waals surface area contributed by atoms with E-state index < -0.39 is 18.0 Å². The first-order chi connectivity index (χ1) is 6.13. The van der Waals surface area contributed by atoms with Gasteiger partial charge in [0.2, 0.25) is 0 Å². The fourth-order valence-electron chi connectivity index (χ4n) is 0.939. The molecule has 3 N–H and O–H groups in total. The zero-order valence-electron chi connectivity index (χ0n) is 7.99. The zero-order valence-corrected chi connectivity index (χ0v) is 7.99. The monoisotopic (exact) mass is 191 g/mol. The van der Waals surface area contributed by atoms with Crippen LogP contribution in [-0.4, -0.2) is 49.1 Å². The Morgan fingerprint density at radius 2 is 2.23 bits per heavy atom. The number of ether oxygens (including phenoxy) is 1. The quantitative estimate of drug-likeness (QED) is 0.361. The molecule has 0 bridgehead atoms. The molecule has 0 aliphatic carbocycles. The highest BCUT2D eigenvalue weighted by Gasteiger charge is 2.23. The van der Waals surface area contributed by atoms with Crippen molar-refractivity contribution in [1.82, 2.24) is 5.32 Å². The van der Waals surface area contributed by atoms with E-state index in [0.29, 0.717) is 13.1 Å². The van der Waals surface area contributed by atoms with Crippen molar-refractivity contribution in [3.05, 3.63) is 0 Å². The smallest absolute Gasteiger partial charge is 0.312 e. The Morgan fingerprint density at radius 1 is 1.62 bits per heavy atom. The third kappa shape index (κ3) is 4.82. The van der Waals surface area contributed by atoms with Crippen LogP contribution < -0.4 is 5.32 Å². The van der Waals surface area contributed by atoms with Crippen LogP contribution in [0.15, 0.2) is 0 Å². The van der Waals surface area contributed by atoms with Gasteiger partial charge in [0.15, 0.2) is 0 Å². The van der Waals surface area contributed by atoms with Crippen molar-refractivity contribution in [2.75, 3.05) is 26.8 Å². The molecule has 0 fully saturated rings. The highest BCUT2D eigenvalue weighted by molar-refractivity contribution is 5.73. The minimum absolute atomic E-state index is 0.00764. The van der Waals surface area contributed by atoms with Gasteiger partial charge in [0.1, 0.15) is 0 Å². The molecule has 0 aromatic rings. The molecule has 0 aromatic carbocycles. The molecule has 13 heavy (non-hydrogen) atoms. The molecule has 0 aliphatic rings. The molecule has 0 saturated carbocycles. The molecule has 5 nitrogen and oxygen atoms in total. The first kappa shape index (κ1) is 12.3. The summed E-state index contributed by atoms with van der Waals surface area (Å²) >= 11 is 0. The van der Waals surface area contributed by atoms with Crippen LogP contribution >= 0.6 is 0 Å². The summed E-state index contributed by atoms with van der Waals surface area (Å²) in [6.45, 7) is 2.25. The summed E-state index contributed by atoms with van der Waals surface area (Å²) in [6, 6.07) is 0. The van der Waals surface area contributed by atoms with Gasteiger partial charge in [-0.15, -0.1) is 0 Å². The fraction of sp³-hybridized carbons (Fsp3) is 0.875. The summed E-state index contributed by atoms with van der Waals surface area (Å²) in [5.74, 6) is -1.02. The average Bonchev–Trinajstić information content (AvgIpc) is 2.11. The SMILES string of the molecule is COC(=O)C(CNCCO)C(C)O. The number of aliphatic hydroxyl groups is 2. The standard InChI is InChI=1S/C8H17NO4/c1-6(11)7(8(12)13-2)5-9-3-4-10/h6-7,9-11H,3-5H2,1-2H3. The van der Waals surface area contributed by atoms with Gasteiger partial charge in [0.05, 0.1) is 25.7 Å². The van der Waals surface area contributed by atoms with E-state index in [2.05, 4.69) is 10.1 Å². The van der Waals surface area contributed by atoms with E-state index in [-0.39, 0.29) is 6.61 Å². The highest BCUT2D eigenvalue weighted by atomic mass is 16.5. The second-order valence-corrected chi connectivity index (χ2v) is 2.80. The molecule has 0 heterocycles. The maximum absolute atomic E-state index is 11.1. The van der Waals surface area contributed by atoms with Crippen LogP contribution in [0.1, 0.15) is 6.92 Å². The number of carbonyl (C=O) groups excluding carboxylic acids is 1. The van der Waals surface area contributed by atoms with E-state index in [1.54, 1.807) is 0 Å². The molecular formula is C8H17NO4. The Hall–Kier alpha value is -0.650. The first-order valence-electron chi connectivity index (χ1n) is 4.21. The Morgan fingerprint density at radius 3 is 2.62 bits per heavy atom. The predicted octanol–water partition coefficient (Wildman–Crippen LogP) is -1.26. The lowest BCUT2D eigenvalue weighted by molar-refractivity contribution is -0.148. The molecule has 78 valence electrons. The summed E-state index contributed by atoms with van der Waals surface area (Å²) in [6.07, 6.45) is -0.751. The van der Waals surface area contributed by atoms with Gasteiger partial charge in [-0.1, -0.05) is 0 Å². The van der Waals surface area contributed by atoms with Crippen LogP contribution in [0, 0.1) is 5.92 Å². The Bertz CT molecular complexity index is 149. The van der Waals surface area contributed by atoms with Crippen molar-refractivity contribution in [2.24, 2.45) is 5.92 Å². The van der Waals surface area contributed by atoms with Gasteiger partial charge in [-0.3, -0.25) is 4.79 Å². The molecular weight excluding hydrogens is 174 g/mol. The number of aliphatic hydroxyl groups excluding tert-OH is 2. The van der Waals surface area contributed by atoms with Crippen molar-refractivity contribution in [1.29, 1.82) is 0 Å². The summed E-state index contributed by atoms with van der Waals surface area (Å²) in [4.78, 5) is 11.1. The number of methoxy groups -OCH3 is 1. The molecule has 2 unspecified atom stereocenters. The normalized spacial score (nSPS) is 15.1. The van der Waals surface area contributed by atoms with Crippen LogP contribution in [0.5, 0.6) is 0 Å².